The lowest BCUT2D eigenvalue weighted by Crippen LogP contribution is -2.25. The van der Waals surface area contributed by atoms with Gasteiger partial charge in [-0.25, -0.2) is 9.38 Å². The first-order chi connectivity index (χ1) is 10.1. The topological polar surface area (TPSA) is 41.5 Å². The number of amides is 1. The molecular formula is C16H10ClFN2O. The fourth-order valence-corrected chi connectivity index (χ4v) is 2.20. The predicted molar refractivity (Wildman–Crippen MR) is 80.5 cm³/mol. The Bertz CT molecular complexity index is 783. The largest absolute Gasteiger partial charge is 0.305 e. The van der Waals surface area contributed by atoms with Crippen molar-refractivity contribution in [2.45, 2.75) is 0 Å². The van der Waals surface area contributed by atoms with Crippen molar-refractivity contribution in [3.63, 3.8) is 0 Å². The summed E-state index contributed by atoms with van der Waals surface area (Å²) in [5, 5.41) is 3.14. The van der Waals surface area contributed by atoms with Crippen LogP contribution in [0.15, 0.2) is 59.2 Å². The maximum atomic E-state index is 13.7. The highest BCUT2D eigenvalue weighted by Crippen LogP contribution is 2.18. The third kappa shape index (κ3) is 2.85. The molecule has 5 heteroatoms. The van der Waals surface area contributed by atoms with Gasteiger partial charge in [-0.15, -0.1) is 0 Å². The summed E-state index contributed by atoms with van der Waals surface area (Å²) >= 11 is 5.90. The summed E-state index contributed by atoms with van der Waals surface area (Å²) in [7, 11) is 0. The van der Waals surface area contributed by atoms with Gasteiger partial charge in [-0.05, 0) is 35.9 Å². The zero-order chi connectivity index (χ0) is 14.8. The van der Waals surface area contributed by atoms with Gasteiger partial charge >= 0.3 is 0 Å². The molecule has 0 saturated carbocycles. The SMILES string of the molecule is O=C1NC(c2ccccc2F)=N/C1=C/c1cccc(Cl)c1. The van der Waals surface area contributed by atoms with E-state index in [1.165, 1.54) is 6.07 Å². The molecule has 0 spiro atoms. The quantitative estimate of drug-likeness (QED) is 0.849. The molecule has 2 aromatic carbocycles. The smallest absolute Gasteiger partial charge is 0.275 e. The van der Waals surface area contributed by atoms with Gasteiger partial charge in [-0.1, -0.05) is 35.9 Å². The molecule has 1 heterocycles. The van der Waals surface area contributed by atoms with Crippen molar-refractivity contribution < 1.29 is 9.18 Å². The molecule has 1 aliphatic heterocycles. The first kappa shape index (κ1) is 13.5. The number of nitrogens with one attached hydrogen (secondary N) is 1. The minimum atomic E-state index is -0.430. The van der Waals surface area contributed by atoms with Crippen LogP contribution in [-0.4, -0.2) is 11.7 Å². The van der Waals surface area contributed by atoms with Crippen LogP contribution in [-0.2, 0) is 4.79 Å². The van der Waals surface area contributed by atoms with Gasteiger partial charge in [0.2, 0.25) is 0 Å². The number of aliphatic imine (C=N–C) groups is 1. The second-order valence-corrected chi connectivity index (χ2v) is 4.92. The van der Waals surface area contributed by atoms with Crippen LogP contribution in [0.3, 0.4) is 0 Å². The normalized spacial score (nSPS) is 16.0. The van der Waals surface area contributed by atoms with Crippen LogP contribution < -0.4 is 5.32 Å². The van der Waals surface area contributed by atoms with E-state index in [-0.39, 0.29) is 23.0 Å². The molecule has 0 atom stereocenters. The Morgan fingerprint density at radius 1 is 1.14 bits per heavy atom. The van der Waals surface area contributed by atoms with Crippen LogP contribution in [0.2, 0.25) is 5.02 Å². The molecule has 0 saturated heterocycles. The van der Waals surface area contributed by atoms with E-state index in [9.17, 15) is 9.18 Å². The van der Waals surface area contributed by atoms with Gasteiger partial charge < -0.3 is 5.32 Å². The molecule has 0 unspecified atom stereocenters. The Hall–Kier alpha value is -2.46. The van der Waals surface area contributed by atoms with Gasteiger partial charge in [0, 0.05) is 5.02 Å². The standard InChI is InChI=1S/C16H10ClFN2O/c17-11-5-3-4-10(8-11)9-14-16(21)20-15(19-14)12-6-1-2-7-13(12)18/h1-9H,(H,19,20,21)/b14-9+. The van der Waals surface area contributed by atoms with E-state index in [2.05, 4.69) is 10.3 Å². The number of rotatable bonds is 2. The number of halogens is 2. The zero-order valence-corrected chi connectivity index (χ0v) is 11.6. The maximum absolute atomic E-state index is 13.7. The Balaban J connectivity index is 1.98. The average Bonchev–Trinajstić information content (AvgIpc) is 2.80. The molecule has 0 aromatic heterocycles. The number of hydrogen-bond donors (Lipinski definition) is 1. The number of nitrogens with zero attached hydrogens (tertiary/aromatic N) is 1. The van der Waals surface area contributed by atoms with E-state index < -0.39 is 5.82 Å². The Morgan fingerprint density at radius 3 is 2.71 bits per heavy atom. The van der Waals surface area contributed by atoms with Crippen molar-refractivity contribution in [3.05, 3.63) is 76.2 Å². The van der Waals surface area contributed by atoms with Gasteiger partial charge in [0.05, 0.1) is 5.56 Å². The van der Waals surface area contributed by atoms with E-state index in [1.54, 1.807) is 42.5 Å². The molecule has 104 valence electrons. The molecular weight excluding hydrogens is 291 g/mol. The van der Waals surface area contributed by atoms with E-state index in [0.29, 0.717) is 5.02 Å². The lowest BCUT2D eigenvalue weighted by molar-refractivity contribution is -0.115. The summed E-state index contributed by atoms with van der Waals surface area (Å²) in [4.78, 5) is 16.1. The molecule has 1 N–H and O–H groups in total. The molecule has 21 heavy (non-hydrogen) atoms. The van der Waals surface area contributed by atoms with Gasteiger partial charge in [0.25, 0.3) is 5.91 Å². The van der Waals surface area contributed by atoms with Crippen LogP contribution in [0.4, 0.5) is 4.39 Å². The van der Waals surface area contributed by atoms with E-state index in [4.69, 9.17) is 11.6 Å². The van der Waals surface area contributed by atoms with Crippen LogP contribution in [0.25, 0.3) is 6.08 Å². The van der Waals surface area contributed by atoms with Gasteiger partial charge in [0.1, 0.15) is 17.3 Å². The van der Waals surface area contributed by atoms with Crippen LogP contribution in [0.5, 0.6) is 0 Å². The molecule has 0 aliphatic carbocycles. The average molecular weight is 301 g/mol. The minimum Gasteiger partial charge on any atom is -0.305 e. The van der Waals surface area contributed by atoms with Crippen molar-refractivity contribution in [2.24, 2.45) is 4.99 Å². The second-order valence-electron chi connectivity index (χ2n) is 4.48. The number of carbonyl (C=O) groups is 1. The van der Waals surface area contributed by atoms with Crippen molar-refractivity contribution in [2.75, 3.05) is 0 Å². The lowest BCUT2D eigenvalue weighted by Gasteiger charge is -2.00. The third-order valence-corrected chi connectivity index (χ3v) is 3.21. The number of benzene rings is 2. The first-order valence-electron chi connectivity index (χ1n) is 6.26. The molecule has 2 aromatic rings. The number of carbonyl (C=O) groups excluding carboxylic acids is 1. The highest BCUT2D eigenvalue weighted by Gasteiger charge is 2.22. The van der Waals surface area contributed by atoms with Crippen LogP contribution in [0, 0.1) is 5.82 Å². The summed E-state index contributed by atoms with van der Waals surface area (Å²) in [6.07, 6.45) is 1.61. The third-order valence-electron chi connectivity index (χ3n) is 2.98. The molecule has 0 fully saturated rings. The number of hydrogen-bond acceptors (Lipinski definition) is 2. The summed E-state index contributed by atoms with van der Waals surface area (Å²) in [6, 6.07) is 13.2. The monoisotopic (exact) mass is 300 g/mol. The summed E-state index contributed by atoms with van der Waals surface area (Å²) in [5.74, 6) is -0.583. The van der Waals surface area contributed by atoms with Crippen molar-refractivity contribution >= 4 is 29.4 Å². The Morgan fingerprint density at radius 2 is 1.95 bits per heavy atom. The van der Waals surface area contributed by atoms with Crippen molar-refractivity contribution in [1.82, 2.24) is 5.32 Å². The zero-order valence-electron chi connectivity index (χ0n) is 10.8. The second kappa shape index (κ2) is 5.50. The van der Waals surface area contributed by atoms with Gasteiger partial charge in [-0.2, -0.15) is 0 Å². The van der Waals surface area contributed by atoms with Crippen molar-refractivity contribution in [1.29, 1.82) is 0 Å². The van der Waals surface area contributed by atoms with Crippen molar-refractivity contribution in [3.8, 4) is 0 Å². The minimum absolute atomic E-state index is 0.214. The fraction of sp³-hybridized carbons (Fsp3) is 0. The molecule has 0 radical (unpaired) electrons. The van der Waals surface area contributed by atoms with Gasteiger partial charge in [-0.3, -0.25) is 4.79 Å². The Kier molecular flexibility index (Phi) is 3.54. The highest BCUT2D eigenvalue weighted by atomic mass is 35.5. The summed E-state index contributed by atoms with van der Waals surface area (Å²) in [5.41, 5.74) is 1.24. The molecule has 0 bridgehead atoms. The van der Waals surface area contributed by atoms with E-state index >= 15 is 0 Å². The lowest BCUT2D eigenvalue weighted by atomic mass is 10.2. The molecule has 1 aliphatic rings. The Labute approximate surface area is 125 Å². The van der Waals surface area contributed by atoms with E-state index in [1.807, 2.05) is 6.07 Å². The fourth-order valence-electron chi connectivity index (χ4n) is 2.00. The molecule has 3 rings (SSSR count). The van der Waals surface area contributed by atoms with E-state index in [0.717, 1.165) is 5.56 Å². The maximum Gasteiger partial charge on any atom is 0.275 e. The molecule has 1 amide bonds. The first-order valence-corrected chi connectivity index (χ1v) is 6.63. The molecule has 3 nitrogen and oxygen atoms in total. The van der Waals surface area contributed by atoms with Gasteiger partial charge in [0.15, 0.2) is 0 Å². The predicted octanol–water partition coefficient (Wildman–Crippen LogP) is 3.40. The summed E-state index contributed by atoms with van der Waals surface area (Å²) in [6.45, 7) is 0. The van der Waals surface area contributed by atoms with Crippen LogP contribution >= 0.6 is 11.6 Å². The number of amidine groups is 1. The van der Waals surface area contributed by atoms with Crippen LogP contribution in [0.1, 0.15) is 11.1 Å². The summed E-state index contributed by atoms with van der Waals surface area (Å²) < 4.78 is 13.7. The highest BCUT2D eigenvalue weighted by molar-refractivity contribution is 6.30.